The number of aromatic carboxylic acids is 1. The average molecular weight is 320 g/mol. The molecule has 0 spiro atoms. The van der Waals surface area contributed by atoms with Crippen LogP contribution in [0, 0.1) is 0 Å². The van der Waals surface area contributed by atoms with Gasteiger partial charge in [-0.15, -0.1) is 10.2 Å². The quantitative estimate of drug-likeness (QED) is 0.898. The van der Waals surface area contributed by atoms with Crippen molar-refractivity contribution >= 4 is 11.8 Å². The van der Waals surface area contributed by atoms with Crippen LogP contribution in [0.25, 0.3) is 0 Å². The first kappa shape index (κ1) is 16.1. The number of carboxylic acid groups (broad SMARTS) is 1. The molecule has 0 radical (unpaired) electrons. The topological polar surface area (TPSA) is 78.8 Å². The third-order valence-electron chi connectivity index (χ3n) is 4.62. The Balaban J connectivity index is 1.56. The number of nitrogens with zero attached hydrogens (tertiary/aromatic N) is 4. The van der Waals surface area contributed by atoms with Crippen LogP contribution in [0.5, 0.6) is 0 Å². The predicted molar refractivity (Wildman–Crippen MR) is 85.8 cm³/mol. The van der Waals surface area contributed by atoms with Gasteiger partial charge in [-0.3, -0.25) is 4.90 Å². The summed E-state index contributed by atoms with van der Waals surface area (Å²) in [6.45, 7) is 8.12. The Morgan fingerprint density at radius 3 is 2.35 bits per heavy atom. The van der Waals surface area contributed by atoms with Gasteiger partial charge in [-0.25, -0.2) is 4.79 Å². The molecule has 126 valence electrons. The summed E-state index contributed by atoms with van der Waals surface area (Å²) in [4.78, 5) is 15.6. The first-order valence-electron chi connectivity index (χ1n) is 8.24. The number of rotatable bonds is 3. The molecule has 0 aromatic carbocycles. The molecule has 2 atom stereocenters. The summed E-state index contributed by atoms with van der Waals surface area (Å²) in [7, 11) is 0. The van der Waals surface area contributed by atoms with Crippen molar-refractivity contribution in [1.29, 1.82) is 0 Å². The minimum atomic E-state index is -1.04. The van der Waals surface area contributed by atoms with Crippen molar-refractivity contribution in [1.82, 2.24) is 15.1 Å². The molecule has 2 fully saturated rings. The molecular formula is C16H24N4O3. The summed E-state index contributed by atoms with van der Waals surface area (Å²) in [6.07, 6.45) is 2.77. The second kappa shape index (κ2) is 6.80. The number of morpholine rings is 1. The van der Waals surface area contributed by atoms with Gasteiger partial charge in [0, 0.05) is 32.2 Å². The van der Waals surface area contributed by atoms with Gasteiger partial charge in [-0.2, -0.15) is 0 Å². The Morgan fingerprint density at radius 2 is 1.83 bits per heavy atom. The van der Waals surface area contributed by atoms with Crippen LogP contribution in [0.3, 0.4) is 0 Å². The van der Waals surface area contributed by atoms with Crippen molar-refractivity contribution < 1.29 is 14.6 Å². The number of ether oxygens (including phenoxy) is 1. The van der Waals surface area contributed by atoms with E-state index in [9.17, 15) is 4.79 Å². The van der Waals surface area contributed by atoms with Gasteiger partial charge in [0.1, 0.15) is 0 Å². The van der Waals surface area contributed by atoms with E-state index in [-0.39, 0.29) is 5.69 Å². The molecule has 2 aliphatic heterocycles. The van der Waals surface area contributed by atoms with Crippen LogP contribution in [-0.2, 0) is 4.74 Å². The lowest BCUT2D eigenvalue weighted by molar-refractivity contribution is -0.0826. The lowest BCUT2D eigenvalue weighted by Crippen LogP contribution is -2.53. The van der Waals surface area contributed by atoms with Crippen molar-refractivity contribution in [3.8, 4) is 0 Å². The normalized spacial score (nSPS) is 27.1. The van der Waals surface area contributed by atoms with Gasteiger partial charge in [0.25, 0.3) is 0 Å². The third-order valence-corrected chi connectivity index (χ3v) is 4.62. The highest BCUT2D eigenvalue weighted by molar-refractivity contribution is 5.85. The van der Waals surface area contributed by atoms with E-state index in [2.05, 4.69) is 33.8 Å². The van der Waals surface area contributed by atoms with Crippen molar-refractivity contribution in [2.24, 2.45) is 0 Å². The fourth-order valence-corrected chi connectivity index (χ4v) is 3.58. The van der Waals surface area contributed by atoms with E-state index < -0.39 is 5.97 Å². The largest absolute Gasteiger partial charge is 0.476 e. The van der Waals surface area contributed by atoms with Gasteiger partial charge in [0.15, 0.2) is 11.5 Å². The molecule has 0 aliphatic carbocycles. The molecular weight excluding hydrogens is 296 g/mol. The molecule has 0 unspecified atom stereocenters. The number of hydrogen-bond acceptors (Lipinski definition) is 6. The number of carbonyl (C=O) groups is 1. The van der Waals surface area contributed by atoms with E-state index >= 15 is 0 Å². The zero-order valence-corrected chi connectivity index (χ0v) is 13.7. The highest BCUT2D eigenvalue weighted by Gasteiger charge is 2.30. The Kier molecular flexibility index (Phi) is 4.77. The van der Waals surface area contributed by atoms with E-state index in [1.54, 1.807) is 6.07 Å². The SMILES string of the molecule is C[C@@H]1CN(C2CCN(c3ccc(C(=O)O)nn3)CC2)C[C@H](C)O1. The van der Waals surface area contributed by atoms with Crippen LogP contribution < -0.4 is 4.90 Å². The Labute approximate surface area is 136 Å². The Morgan fingerprint density at radius 1 is 1.17 bits per heavy atom. The summed E-state index contributed by atoms with van der Waals surface area (Å²) in [5, 5.41) is 16.7. The maximum Gasteiger partial charge on any atom is 0.356 e. The van der Waals surface area contributed by atoms with E-state index in [0.717, 1.165) is 44.8 Å². The molecule has 0 saturated carbocycles. The monoisotopic (exact) mass is 320 g/mol. The highest BCUT2D eigenvalue weighted by atomic mass is 16.5. The summed E-state index contributed by atoms with van der Waals surface area (Å²) in [5.74, 6) is -0.282. The smallest absolute Gasteiger partial charge is 0.356 e. The van der Waals surface area contributed by atoms with E-state index in [1.807, 2.05) is 0 Å². The molecule has 1 aromatic heterocycles. The van der Waals surface area contributed by atoms with E-state index in [0.29, 0.717) is 18.2 Å². The molecule has 7 nitrogen and oxygen atoms in total. The van der Waals surface area contributed by atoms with Crippen LogP contribution in [0.15, 0.2) is 12.1 Å². The molecule has 7 heteroatoms. The summed E-state index contributed by atoms with van der Waals surface area (Å²) in [5.41, 5.74) is -0.0140. The number of hydrogen-bond donors (Lipinski definition) is 1. The summed E-state index contributed by atoms with van der Waals surface area (Å²) < 4.78 is 5.81. The standard InChI is InChI=1S/C16H24N4O3/c1-11-9-20(10-12(2)23-11)13-5-7-19(8-6-13)15-4-3-14(16(21)22)17-18-15/h3-4,11-13H,5-10H2,1-2H3,(H,21,22)/t11-,12+. The van der Waals surface area contributed by atoms with Gasteiger partial charge in [-0.05, 0) is 38.8 Å². The lowest BCUT2D eigenvalue weighted by Gasteiger charge is -2.43. The Bertz CT molecular complexity index is 533. The number of carboxylic acids is 1. The van der Waals surface area contributed by atoms with E-state index in [1.165, 1.54) is 6.07 Å². The van der Waals surface area contributed by atoms with Crippen molar-refractivity contribution in [3.05, 3.63) is 17.8 Å². The maximum atomic E-state index is 10.8. The van der Waals surface area contributed by atoms with Crippen LogP contribution in [0.4, 0.5) is 5.82 Å². The zero-order valence-electron chi connectivity index (χ0n) is 13.7. The molecule has 2 aliphatic rings. The van der Waals surface area contributed by atoms with Gasteiger partial charge < -0.3 is 14.7 Å². The molecule has 1 aromatic rings. The minimum absolute atomic E-state index is 0.0140. The number of anilines is 1. The van der Waals surface area contributed by atoms with Crippen LogP contribution in [0.1, 0.15) is 37.2 Å². The van der Waals surface area contributed by atoms with Crippen molar-refractivity contribution in [2.75, 3.05) is 31.1 Å². The summed E-state index contributed by atoms with van der Waals surface area (Å²) >= 11 is 0. The van der Waals surface area contributed by atoms with Gasteiger partial charge in [0.2, 0.25) is 0 Å². The third kappa shape index (κ3) is 3.79. The van der Waals surface area contributed by atoms with Gasteiger partial charge >= 0.3 is 5.97 Å². The fraction of sp³-hybridized carbons (Fsp3) is 0.688. The second-order valence-corrected chi connectivity index (χ2v) is 6.51. The molecule has 3 rings (SSSR count). The number of aromatic nitrogens is 2. The molecule has 0 amide bonds. The van der Waals surface area contributed by atoms with Gasteiger partial charge in [0.05, 0.1) is 12.2 Å². The number of piperidine rings is 1. The fourth-order valence-electron chi connectivity index (χ4n) is 3.58. The average Bonchev–Trinajstić information content (AvgIpc) is 2.54. The lowest BCUT2D eigenvalue weighted by atomic mass is 10.0. The zero-order chi connectivity index (χ0) is 16.4. The highest BCUT2D eigenvalue weighted by Crippen LogP contribution is 2.23. The van der Waals surface area contributed by atoms with Crippen molar-refractivity contribution in [2.45, 2.75) is 44.9 Å². The molecule has 0 bridgehead atoms. The molecule has 3 heterocycles. The van der Waals surface area contributed by atoms with Crippen molar-refractivity contribution in [3.63, 3.8) is 0 Å². The van der Waals surface area contributed by atoms with E-state index in [4.69, 9.17) is 9.84 Å². The summed E-state index contributed by atoms with van der Waals surface area (Å²) in [6, 6.07) is 3.85. The molecule has 2 saturated heterocycles. The molecule has 1 N–H and O–H groups in total. The maximum absolute atomic E-state index is 10.8. The predicted octanol–water partition coefficient (Wildman–Crippen LogP) is 1.25. The van der Waals surface area contributed by atoms with Crippen LogP contribution in [0.2, 0.25) is 0 Å². The van der Waals surface area contributed by atoms with Crippen LogP contribution in [-0.4, -0.2) is 70.6 Å². The Hall–Kier alpha value is -1.73. The molecule has 23 heavy (non-hydrogen) atoms. The first-order valence-corrected chi connectivity index (χ1v) is 8.24. The van der Waals surface area contributed by atoms with Gasteiger partial charge in [-0.1, -0.05) is 0 Å². The first-order chi connectivity index (χ1) is 11.0. The van der Waals surface area contributed by atoms with Crippen LogP contribution >= 0.6 is 0 Å². The second-order valence-electron chi connectivity index (χ2n) is 6.51. The minimum Gasteiger partial charge on any atom is -0.476 e.